The van der Waals surface area contributed by atoms with Gasteiger partial charge in [-0.25, -0.2) is 5.43 Å². The standard InChI is InChI=1S/C9H17N3/c1-12-9(4-7-11-12)8-2-5-10-6-3-8/h4,8,10-11H,2-3,5-7H2,1H3. The molecular formula is C9H17N3. The number of piperidine rings is 1. The molecule has 0 bridgehead atoms. The van der Waals surface area contributed by atoms with Crippen LogP contribution in [0.1, 0.15) is 12.8 Å². The summed E-state index contributed by atoms with van der Waals surface area (Å²) in [5.41, 5.74) is 4.78. The lowest BCUT2D eigenvalue weighted by atomic mass is 9.94. The van der Waals surface area contributed by atoms with E-state index in [2.05, 4.69) is 28.9 Å². The fourth-order valence-corrected chi connectivity index (χ4v) is 2.07. The molecule has 0 radical (unpaired) electrons. The Kier molecular flexibility index (Phi) is 2.33. The molecule has 2 rings (SSSR count). The third kappa shape index (κ3) is 1.47. The first-order valence-electron chi connectivity index (χ1n) is 4.76. The maximum Gasteiger partial charge on any atom is 0.0351 e. The number of allylic oxidation sites excluding steroid dienone is 1. The molecule has 0 aromatic heterocycles. The highest BCUT2D eigenvalue weighted by molar-refractivity contribution is 5.10. The molecule has 0 amide bonds. The summed E-state index contributed by atoms with van der Waals surface area (Å²) in [7, 11) is 2.11. The second kappa shape index (κ2) is 3.46. The first kappa shape index (κ1) is 8.08. The molecule has 0 aliphatic carbocycles. The Balaban J connectivity index is 1.97. The van der Waals surface area contributed by atoms with E-state index in [4.69, 9.17) is 0 Å². The normalized spacial score (nSPS) is 26.1. The Hall–Kier alpha value is -0.540. The van der Waals surface area contributed by atoms with E-state index >= 15 is 0 Å². The van der Waals surface area contributed by atoms with Crippen molar-refractivity contribution < 1.29 is 0 Å². The van der Waals surface area contributed by atoms with Crippen molar-refractivity contribution >= 4 is 0 Å². The van der Waals surface area contributed by atoms with Crippen molar-refractivity contribution in [3.63, 3.8) is 0 Å². The number of rotatable bonds is 1. The summed E-state index contributed by atoms with van der Waals surface area (Å²) in [6.07, 6.45) is 4.89. The molecule has 1 fully saturated rings. The van der Waals surface area contributed by atoms with Gasteiger partial charge in [-0.05, 0) is 32.0 Å². The van der Waals surface area contributed by atoms with E-state index in [1.807, 2.05) is 0 Å². The Labute approximate surface area is 73.8 Å². The van der Waals surface area contributed by atoms with E-state index < -0.39 is 0 Å². The van der Waals surface area contributed by atoms with Crippen LogP contribution in [0.4, 0.5) is 0 Å². The van der Waals surface area contributed by atoms with Gasteiger partial charge in [-0.15, -0.1) is 0 Å². The number of nitrogens with one attached hydrogen (secondary N) is 2. The molecule has 2 aliphatic rings. The average molecular weight is 167 g/mol. The lowest BCUT2D eigenvalue weighted by Crippen LogP contribution is -2.35. The third-order valence-electron chi connectivity index (χ3n) is 2.78. The summed E-state index contributed by atoms with van der Waals surface area (Å²) in [6, 6.07) is 0. The second-order valence-electron chi connectivity index (χ2n) is 3.57. The maximum atomic E-state index is 3.39. The summed E-state index contributed by atoms with van der Waals surface area (Å²) in [5, 5.41) is 5.56. The lowest BCUT2D eigenvalue weighted by molar-refractivity contribution is 0.277. The summed E-state index contributed by atoms with van der Waals surface area (Å²) in [5.74, 6) is 0.784. The topological polar surface area (TPSA) is 27.3 Å². The molecule has 3 heteroatoms. The minimum Gasteiger partial charge on any atom is -0.317 e. The minimum atomic E-state index is 0.784. The quantitative estimate of drug-likeness (QED) is 0.589. The van der Waals surface area contributed by atoms with Gasteiger partial charge in [0.15, 0.2) is 0 Å². The fraction of sp³-hybridized carbons (Fsp3) is 0.778. The summed E-state index contributed by atoms with van der Waals surface area (Å²) < 4.78 is 0. The zero-order valence-electron chi connectivity index (χ0n) is 7.64. The van der Waals surface area contributed by atoms with Gasteiger partial charge in [0, 0.05) is 25.2 Å². The average Bonchev–Trinajstić information content (AvgIpc) is 2.53. The van der Waals surface area contributed by atoms with Crippen LogP contribution in [-0.2, 0) is 0 Å². The smallest absolute Gasteiger partial charge is 0.0351 e. The van der Waals surface area contributed by atoms with Crippen molar-refractivity contribution in [1.82, 2.24) is 15.8 Å². The van der Waals surface area contributed by atoms with Crippen molar-refractivity contribution in [2.75, 3.05) is 26.7 Å². The monoisotopic (exact) mass is 167 g/mol. The molecule has 0 aromatic carbocycles. The van der Waals surface area contributed by atoms with Crippen molar-refractivity contribution in [2.24, 2.45) is 5.92 Å². The van der Waals surface area contributed by atoms with Gasteiger partial charge in [0.2, 0.25) is 0 Å². The van der Waals surface area contributed by atoms with Gasteiger partial charge in [0.05, 0.1) is 0 Å². The molecule has 3 nitrogen and oxygen atoms in total. The first-order valence-corrected chi connectivity index (χ1v) is 4.76. The maximum absolute atomic E-state index is 3.39. The van der Waals surface area contributed by atoms with Gasteiger partial charge in [-0.1, -0.05) is 0 Å². The van der Waals surface area contributed by atoms with Gasteiger partial charge in [0.1, 0.15) is 0 Å². The van der Waals surface area contributed by atoms with E-state index in [0.717, 1.165) is 12.5 Å². The predicted octanol–water partition coefficient (Wildman–Crippen LogP) is 0.320. The van der Waals surface area contributed by atoms with Crippen LogP contribution in [0.5, 0.6) is 0 Å². The van der Waals surface area contributed by atoms with Gasteiger partial charge in [-0.3, -0.25) is 0 Å². The zero-order valence-corrected chi connectivity index (χ0v) is 7.64. The van der Waals surface area contributed by atoms with Crippen LogP contribution in [0.15, 0.2) is 11.8 Å². The molecule has 0 atom stereocenters. The van der Waals surface area contributed by atoms with Crippen molar-refractivity contribution in [3.05, 3.63) is 11.8 Å². The predicted molar refractivity (Wildman–Crippen MR) is 49.4 cm³/mol. The minimum absolute atomic E-state index is 0.784. The fourth-order valence-electron chi connectivity index (χ4n) is 2.07. The molecule has 2 aliphatic heterocycles. The van der Waals surface area contributed by atoms with E-state index in [1.165, 1.54) is 31.6 Å². The van der Waals surface area contributed by atoms with E-state index in [9.17, 15) is 0 Å². The Morgan fingerprint density at radius 3 is 2.75 bits per heavy atom. The number of hydrazine groups is 1. The molecule has 0 aromatic rings. The van der Waals surface area contributed by atoms with Crippen molar-refractivity contribution in [1.29, 1.82) is 0 Å². The number of hydrogen-bond acceptors (Lipinski definition) is 3. The summed E-state index contributed by atoms with van der Waals surface area (Å²) >= 11 is 0. The van der Waals surface area contributed by atoms with Crippen LogP contribution in [0.3, 0.4) is 0 Å². The number of hydrogen-bond donors (Lipinski definition) is 2. The van der Waals surface area contributed by atoms with Crippen LogP contribution in [0, 0.1) is 5.92 Å². The molecular weight excluding hydrogens is 150 g/mol. The van der Waals surface area contributed by atoms with Crippen LogP contribution < -0.4 is 10.7 Å². The molecule has 2 heterocycles. The molecule has 1 saturated heterocycles. The van der Waals surface area contributed by atoms with Crippen LogP contribution >= 0.6 is 0 Å². The summed E-state index contributed by atoms with van der Waals surface area (Å²) in [6.45, 7) is 3.36. The Morgan fingerprint density at radius 1 is 1.42 bits per heavy atom. The summed E-state index contributed by atoms with van der Waals surface area (Å²) in [4.78, 5) is 0. The van der Waals surface area contributed by atoms with E-state index in [1.54, 1.807) is 0 Å². The highest BCUT2D eigenvalue weighted by Crippen LogP contribution is 2.24. The van der Waals surface area contributed by atoms with Crippen molar-refractivity contribution in [2.45, 2.75) is 12.8 Å². The highest BCUT2D eigenvalue weighted by Gasteiger charge is 2.22. The molecule has 12 heavy (non-hydrogen) atoms. The molecule has 0 spiro atoms. The second-order valence-corrected chi connectivity index (χ2v) is 3.57. The first-order chi connectivity index (χ1) is 5.88. The number of nitrogens with zero attached hydrogens (tertiary/aromatic N) is 1. The van der Waals surface area contributed by atoms with E-state index in [-0.39, 0.29) is 0 Å². The van der Waals surface area contributed by atoms with Gasteiger partial charge >= 0.3 is 0 Å². The zero-order chi connectivity index (χ0) is 8.39. The van der Waals surface area contributed by atoms with Crippen LogP contribution in [0.25, 0.3) is 0 Å². The van der Waals surface area contributed by atoms with Crippen LogP contribution in [0.2, 0.25) is 0 Å². The molecule has 2 N–H and O–H groups in total. The van der Waals surface area contributed by atoms with Gasteiger partial charge < -0.3 is 10.3 Å². The van der Waals surface area contributed by atoms with Crippen molar-refractivity contribution in [3.8, 4) is 0 Å². The highest BCUT2D eigenvalue weighted by atomic mass is 15.5. The lowest BCUT2D eigenvalue weighted by Gasteiger charge is -2.28. The SMILES string of the molecule is CN1NCC=C1C1CCNCC1. The molecule has 0 saturated carbocycles. The molecule has 0 unspecified atom stereocenters. The van der Waals surface area contributed by atoms with Gasteiger partial charge in [0.25, 0.3) is 0 Å². The van der Waals surface area contributed by atoms with Gasteiger partial charge in [-0.2, -0.15) is 0 Å². The third-order valence-corrected chi connectivity index (χ3v) is 2.78. The largest absolute Gasteiger partial charge is 0.317 e. The molecule has 68 valence electrons. The Morgan fingerprint density at radius 2 is 2.17 bits per heavy atom. The van der Waals surface area contributed by atoms with E-state index in [0.29, 0.717) is 0 Å². The van der Waals surface area contributed by atoms with Crippen LogP contribution in [-0.4, -0.2) is 31.7 Å². The Bertz CT molecular complexity index is 182.